The van der Waals surface area contributed by atoms with Gasteiger partial charge in [-0.15, -0.1) is 0 Å². The summed E-state index contributed by atoms with van der Waals surface area (Å²) in [7, 11) is -1.89. The molecule has 0 radical (unpaired) electrons. The fourth-order valence-corrected chi connectivity index (χ4v) is 4.99. The zero-order chi connectivity index (χ0) is 20.8. The predicted octanol–water partition coefficient (Wildman–Crippen LogP) is 2.20. The van der Waals surface area contributed by atoms with Gasteiger partial charge in [-0.1, -0.05) is 18.2 Å². The van der Waals surface area contributed by atoms with Crippen LogP contribution in [0.25, 0.3) is 0 Å². The number of likely N-dealkylation sites (tertiary alicyclic amines) is 1. The summed E-state index contributed by atoms with van der Waals surface area (Å²) in [6.45, 7) is 11.1. The number of guanidine groups is 1. The molecule has 8 heteroatoms. The molecule has 2 rings (SSSR count). The van der Waals surface area contributed by atoms with Gasteiger partial charge < -0.3 is 15.0 Å². The van der Waals surface area contributed by atoms with Gasteiger partial charge in [0.05, 0.1) is 18.0 Å². The number of benzene rings is 1. The monoisotopic (exact) mass is 410 g/mol. The number of aliphatic imine (C=N–C) groups is 1. The van der Waals surface area contributed by atoms with Gasteiger partial charge in [0, 0.05) is 38.2 Å². The topological polar surface area (TPSA) is 83.0 Å². The van der Waals surface area contributed by atoms with Gasteiger partial charge in [0.25, 0.3) is 0 Å². The highest BCUT2D eigenvalue weighted by Gasteiger charge is 2.26. The lowest BCUT2D eigenvalue weighted by Crippen LogP contribution is -2.41. The number of hydrogen-bond acceptors (Lipinski definition) is 4. The third-order valence-corrected chi connectivity index (χ3v) is 6.28. The van der Waals surface area contributed by atoms with E-state index in [2.05, 4.69) is 14.9 Å². The van der Waals surface area contributed by atoms with Crippen LogP contribution in [0.4, 0.5) is 0 Å². The number of rotatable bonds is 7. The second-order valence-electron chi connectivity index (χ2n) is 8.19. The van der Waals surface area contributed by atoms with Gasteiger partial charge in [-0.3, -0.25) is 0 Å². The van der Waals surface area contributed by atoms with E-state index in [1.807, 2.05) is 39.8 Å². The fraction of sp³-hybridized carbons (Fsp3) is 0.650. The number of hydrogen-bond donors (Lipinski definition) is 2. The maximum absolute atomic E-state index is 12.8. The lowest BCUT2D eigenvalue weighted by molar-refractivity contribution is 0.157. The van der Waals surface area contributed by atoms with E-state index in [0.29, 0.717) is 18.0 Å². The molecule has 0 spiro atoms. The molecule has 7 nitrogen and oxygen atoms in total. The second-order valence-corrected chi connectivity index (χ2v) is 9.84. The number of ether oxygens (including phenoxy) is 1. The van der Waals surface area contributed by atoms with Crippen LogP contribution in [0.3, 0.4) is 0 Å². The molecule has 158 valence electrons. The van der Waals surface area contributed by atoms with E-state index < -0.39 is 15.6 Å². The van der Waals surface area contributed by atoms with E-state index in [0.717, 1.165) is 38.6 Å². The Hall–Kier alpha value is -1.64. The van der Waals surface area contributed by atoms with Crippen molar-refractivity contribution in [2.24, 2.45) is 10.9 Å². The van der Waals surface area contributed by atoms with Crippen molar-refractivity contribution >= 4 is 16.0 Å². The normalized spacial score (nSPS) is 18.5. The van der Waals surface area contributed by atoms with Crippen molar-refractivity contribution in [1.29, 1.82) is 0 Å². The Morgan fingerprint density at radius 3 is 2.68 bits per heavy atom. The summed E-state index contributed by atoms with van der Waals surface area (Å²) in [5.41, 5.74) is 0.137. The van der Waals surface area contributed by atoms with Crippen molar-refractivity contribution in [2.75, 3.05) is 33.4 Å². The Morgan fingerprint density at radius 1 is 1.32 bits per heavy atom. The van der Waals surface area contributed by atoms with Gasteiger partial charge in [0.1, 0.15) is 0 Å². The third kappa shape index (κ3) is 6.46. The molecule has 0 aliphatic carbocycles. The Bertz CT molecular complexity index is 772. The first kappa shape index (κ1) is 22.6. The molecule has 1 saturated heterocycles. The SMILES string of the molecule is CCNC(=NCc1ccccc1S(=O)(=O)NC(C)(C)C)N1CCC(COC)C1. The van der Waals surface area contributed by atoms with Crippen LogP contribution in [-0.4, -0.2) is 58.2 Å². The largest absolute Gasteiger partial charge is 0.384 e. The number of sulfonamides is 1. The van der Waals surface area contributed by atoms with Crippen LogP contribution in [-0.2, 0) is 21.3 Å². The van der Waals surface area contributed by atoms with Gasteiger partial charge in [-0.05, 0) is 45.7 Å². The average Bonchev–Trinajstić information content (AvgIpc) is 3.05. The van der Waals surface area contributed by atoms with Gasteiger partial charge in [-0.25, -0.2) is 18.1 Å². The molecule has 1 heterocycles. The molecule has 28 heavy (non-hydrogen) atoms. The first-order chi connectivity index (χ1) is 13.2. The first-order valence-corrected chi connectivity index (χ1v) is 11.3. The molecule has 0 bridgehead atoms. The van der Waals surface area contributed by atoms with Crippen molar-refractivity contribution < 1.29 is 13.2 Å². The minimum absolute atomic E-state index is 0.281. The number of methoxy groups -OCH3 is 1. The van der Waals surface area contributed by atoms with Crippen molar-refractivity contribution in [3.63, 3.8) is 0 Å². The zero-order valence-corrected chi connectivity index (χ0v) is 18.5. The van der Waals surface area contributed by atoms with E-state index in [9.17, 15) is 8.42 Å². The highest BCUT2D eigenvalue weighted by molar-refractivity contribution is 7.89. The van der Waals surface area contributed by atoms with Crippen LogP contribution in [0.2, 0.25) is 0 Å². The van der Waals surface area contributed by atoms with Crippen LogP contribution in [0.5, 0.6) is 0 Å². The molecule has 1 unspecified atom stereocenters. The third-order valence-electron chi connectivity index (χ3n) is 4.42. The van der Waals surface area contributed by atoms with Gasteiger partial charge in [-0.2, -0.15) is 0 Å². The zero-order valence-electron chi connectivity index (χ0n) is 17.7. The molecule has 1 aromatic carbocycles. The minimum atomic E-state index is -3.61. The maximum Gasteiger partial charge on any atom is 0.241 e. The van der Waals surface area contributed by atoms with E-state index in [1.54, 1.807) is 19.2 Å². The Morgan fingerprint density at radius 2 is 2.04 bits per heavy atom. The molecular formula is C20H34N4O3S. The Labute approximate surface area is 169 Å². The van der Waals surface area contributed by atoms with Crippen LogP contribution in [0.1, 0.15) is 39.7 Å². The maximum atomic E-state index is 12.8. The molecule has 1 aliphatic rings. The summed E-state index contributed by atoms with van der Waals surface area (Å²) >= 11 is 0. The second kappa shape index (κ2) is 9.71. The molecule has 1 aliphatic heterocycles. The number of nitrogens with zero attached hydrogens (tertiary/aromatic N) is 2. The van der Waals surface area contributed by atoms with Crippen molar-refractivity contribution in [3.8, 4) is 0 Å². The Balaban J connectivity index is 2.22. The van der Waals surface area contributed by atoms with E-state index in [-0.39, 0.29) is 4.90 Å². The van der Waals surface area contributed by atoms with Crippen LogP contribution in [0.15, 0.2) is 34.2 Å². The molecule has 0 amide bonds. The van der Waals surface area contributed by atoms with Crippen molar-refractivity contribution in [2.45, 2.75) is 51.1 Å². The highest BCUT2D eigenvalue weighted by atomic mass is 32.2. The summed E-state index contributed by atoms with van der Waals surface area (Å²) < 4.78 is 33.6. The Kier molecular flexibility index (Phi) is 7.86. The van der Waals surface area contributed by atoms with Gasteiger partial charge in [0.15, 0.2) is 5.96 Å². The number of nitrogens with one attached hydrogen (secondary N) is 2. The van der Waals surface area contributed by atoms with Gasteiger partial charge in [0.2, 0.25) is 10.0 Å². The summed E-state index contributed by atoms with van der Waals surface area (Å²) in [4.78, 5) is 7.23. The van der Waals surface area contributed by atoms with Crippen molar-refractivity contribution in [3.05, 3.63) is 29.8 Å². The summed E-state index contributed by atoms with van der Waals surface area (Å²) in [6, 6.07) is 7.04. The predicted molar refractivity (Wildman–Crippen MR) is 113 cm³/mol. The quantitative estimate of drug-likeness (QED) is 0.532. The molecule has 1 aromatic rings. The van der Waals surface area contributed by atoms with E-state index in [1.165, 1.54) is 0 Å². The molecule has 0 saturated carbocycles. The lowest BCUT2D eigenvalue weighted by Gasteiger charge is -2.23. The van der Waals surface area contributed by atoms with Crippen LogP contribution < -0.4 is 10.0 Å². The van der Waals surface area contributed by atoms with Crippen LogP contribution >= 0.6 is 0 Å². The highest BCUT2D eigenvalue weighted by Crippen LogP contribution is 2.20. The molecule has 1 atom stereocenters. The molecular weight excluding hydrogens is 376 g/mol. The summed E-state index contributed by atoms with van der Waals surface area (Å²) in [6.07, 6.45) is 1.07. The van der Waals surface area contributed by atoms with Gasteiger partial charge >= 0.3 is 0 Å². The van der Waals surface area contributed by atoms with Crippen molar-refractivity contribution in [1.82, 2.24) is 14.9 Å². The molecule has 0 aromatic heterocycles. The van der Waals surface area contributed by atoms with E-state index >= 15 is 0 Å². The molecule has 1 fully saturated rings. The average molecular weight is 411 g/mol. The smallest absolute Gasteiger partial charge is 0.241 e. The first-order valence-electron chi connectivity index (χ1n) is 9.80. The lowest BCUT2D eigenvalue weighted by atomic mass is 10.1. The molecule has 2 N–H and O–H groups in total. The standard InChI is InChI=1S/C20H34N4O3S/c1-6-21-19(24-12-11-16(14-24)15-27-5)22-13-17-9-7-8-10-18(17)28(25,26)23-20(2,3)4/h7-10,16,23H,6,11-15H2,1-5H3,(H,21,22). The fourth-order valence-electron chi connectivity index (χ4n) is 3.34. The summed E-state index contributed by atoms with van der Waals surface area (Å²) in [5, 5.41) is 3.32. The minimum Gasteiger partial charge on any atom is -0.384 e. The van der Waals surface area contributed by atoms with Crippen LogP contribution in [0, 0.1) is 5.92 Å². The summed E-state index contributed by atoms with van der Waals surface area (Å²) in [5.74, 6) is 1.31. The van der Waals surface area contributed by atoms with E-state index in [4.69, 9.17) is 9.73 Å².